The standard InChI is InChI=1S/C35H43BrN2O4/c1-3-41-32-21-17-27(24-33(32)42-4-2)18-22-34(39)38(25-28-15-19-29(36)20-16-28)31(23-26-11-7-5-8-12-26)35(40)37-30-13-9-6-10-14-30/h5,7-8,11-12,15-17,19-21,24,30-31H,3-4,6,9-10,13-14,18,22-23,25H2,1-2H3,(H,37,40)/t31-/m0/s1. The normalized spacial score (nSPS) is 14.2. The quantitative estimate of drug-likeness (QED) is 0.202. The van der Waals surface area contributed by atoms with Gasteiger partial charge in [-0.25, -0.2) is 0 Å². The summed E-state index contributed by atoms with van der Waals surface area (Å²) >= 11 is 3.51. The van der Waals surface area contributed by atoms with Crippen LogP contribution in [-0.4, -0.2) is 42.0 Å². The fourth-order valence-corrected chi connectivity index (χ4v) is 5.80. The summed E-state index contributed by atoms with van der Waals surface area (Å²) in [5.74, 6) is 1.26. The van der Waals surface area contributed by atoms with Crippen LogP contribution in [-0.2, 0) is 29.0 Å². The summed E-state index contributed by atoms with van der Waals surface area (Å²) in [6.45, 7) is 5.32. The van der Waals surface area contributed by atoms with Gasteiger partial charge in [-0.1, -0.05) is 83.7 Å². The maximum atomic E-state index is 14.1. The molecule has 0 unspecified atom stereocenters. The summed E-state index contributed by atoms with van der Waals surface area (Å²) in [6, 6.07) is 23.3. The van der Waals surface area contributed by atoms with Gasteiger partial charge >= 0.3 is 0 Å². The number of ether oxygens (including phenoxy) is 2. The number of nitrogens with zero attached hydrogens (tertiary/aromatic N) is 1. The highest BCUT2D eigenvalue weighted by molar-refractivity contribution is 9.10. The van der Waals surface area contributed by atoms with Crippen LogP contribution in [0.15, 0.2) is 77.3 Å². The zero-order valence-electron chi connectivity index (χ0n) is 24.8. The van der Waals surface area contributed by atoms with Crippen LogP contribution in [0.2, 0.25) is 0 Å². The van der Waals surface area contributed by atoms with Crippen LogP contribution >= 0.6 is 15.9 Å². The van der Waals surface area contributed by atoms with Crippen LogP contribution in [0.1, 0.15) is 69.1 Å². The number of hydrogen-bond donors (Lipinski definition) is 1. The van der Waals surface area contributed by atoms with Gasteiger partial charge in [0, 0.05) is 29.9 Å². The Labute approximate surface area is 258 Å². The summed E-state index contributed by atoms with van der Waals surface area (Å²) in [6.07, 6.45) is 6.71. The van der Waals surface area contributed by atoms with Crippen LogP contribution in [0.4, 0.5) is 0 Å². The van der Waals surface area contributed by atoms with E-state index in [2.05, 4.69) is 21.2 Å². The zero-order chi connectivity index (χ0) is 29.7. The van der Waals surface area contributed by atoms with E-state index in [-0.39, 0.29) is 24.3 Å². The van der Waals surface area contributed by atoms with Gasteiger partial charge in [0.1, 0.15) is 6.04 Å². The second-order valence-electron chi connectivity index (χ2n) is 10.8. The lowest BCUT2D eigenvalue weighted by Gasteiger charge is -2.33. The molecule has 0 radical (unpaired) electrons. The molecule has 0 saturated heterocycles. The zero-order valence-corrected chi connectivity index (χ0v) is 26.4. The maximum absolute atomic E-state index is 14.1. The van der Waals surface area contributed by atoms with Gasteiger partial charge in [0.15, 0.2) is 11.5 Å². The van der Waals surface area contributed by atoms with Crippen LogP contribution in [0.25, 0.3) is 0 Å². The van der Waals surface area contributed by atoms with Gasteiger partial charge in [-0.2, -0.15) is 0 Å². The van der Waals surface area contributed by atoms with Crippen molar-refractivity contribution in [3.8, 4) is 11.5 Å². The molecule has 4 rings (SSSR count). The summed E-state index contributed by atoms with van der Waals surface area (Å²) in [5, 5.41) is 3.31. The molecule has 2 amide bonds. The summed E-state index contributed by atoms with van der Waals surface area (Å²) in [5.41, 5.74) is 3.00. The lowest BCUT2D eigenvalue weighted by molar-refractivity contribution is -0.141. The third-order valence-corrected chi connectivity index (χ3v) is 8.25. The Balaban J connectivity index is 1.59. The molecule has 0 spiro atoms. The number of carbonyl (C=O) groups is 2. The minimum absolute atomic E-state index is 0.0514. The lowest BCUT2D eigenvalue weighted by atomic mass is 9.94. The smallest absolute Gasteiger partial charge is 0.243 e. The molecule has 0 bridgehead atoms. The van der Waals surface area contributed by atoms with E-state index in [0.717, 1.165) is 46.8 Å². The molecule has 1 atom stereocenters. The van der Waals surface area contributed by atoms with Crippen molar-refractivity contribution in [1.82, 2.24) is 10.2 Å². The van der Waals surface area contributed by atoms with Crippen molar-refractivity contribution < 1.29 is 19.1 Å². The van der Waals surface area contributed by atoms with E-state index in [1.54, 1.807) is 4.90 Å². The minimum Gasteiger partial charge on any atom is -0.490 e. The topological polar surface area (TPSA) is 67.9 Å². The molecular formula is C35H43BrN2O4. The van der Waals surface area contributed by atoms with Crippen molar-refractivity contribution in [2.45, 2.75) is 83.8 Å². The van der Waals surface area contributed by atoms with Crippen LogP contribution < -0.4 is 14.8 Å². The number of nitrogens with one attached hydrogen (secondary N) is 1. The first kappa shape index (κ1) is 31.6. The number of halogens is 1. The third kappa shape index (κ3) is 9.35. The van der Waals surface area contributed by atoms with E-state index >= 15 is 0 Å². The van der Waals surface area contributed by atoms with Crippen molar-refractivity contribution in [1.29, 1.82) is 0 Å². The minimum atomic E-state index is -0.621. The van der Waals surface area contributed by atoms with E-state index in [1.165, 1.54) is 6.42 Å². The van der Waals surface area contributed by atoms with Crippen LogP contribution in [0.5, 0.6) is 11.5 Å². The summed E-state index contributed by atoms with van der Waals surface area (Å²) in [4.78, 5) is 29.8. The van der Waals surface area contributed by atoms with E-state index < -0.39 is 6.04 Å². The van der Waals surface area contributed by atoms with Crippen LogP contribution in [0, 0.1) is 0 Å². The molecule has 7 heteroatoms. The number of carbonyl (C=O) groups excluding carboxylic acids is 2. The average Bonchev–Trinajstić information content (AvgIpc) is 3.01. The number of aryl methyl sites for hydroxylation is 1. The Kier molecular flexibility index (Phi) is 12.3. The average molecular weight is 636 g/mol. The van der Waals surface area contributed by atoms with Crippen molar-refractivity contribution >= 4 is 27.7 Å². The predicted molar refractivity (Wildman–Crippen MR) is 171 cm³/mol. The second kappa shape index (κ2) is 16.4. The molecule has 3 aromatic rings. The largest absolute Gasteiger partial charge is 0.490 e. The fraction of sp³-hybridized carbons (Fsp3) is 0.429. The molecule has 1 saturated carbocycles. The molecule has 1 fully saturated rings. The van der Waals surface area contributed by atoms with Gasteiger partial charge < -0.3 is 19.7 Å². The molecule has 0 aromatic heterocycles. The molecule has 0 aliphatic heterocycles. The maximum Gasteiger partial charge on any atom is 0.243 e. The first-order valence-corrected chi connectivity index (χ1v) is 16.0. The predicted octanol–water partition coefficient (Wildman–Crippen LogP) is 7.27. The third-order valence-electron chi connectivity index (χ3n) is 7.72. The van der Waals surface area contributed by atoms with Gasteiger partial charge in [0.05, 0.1) is 13.2 Å². The van der Waals surface area contributed by atoms with Crippen molar-refractivity contribution in [3.63, 3.8) is 0 Å². The number of benzene rings is 3. The molecule has 1 N–H and O–H groups in total. The van der Waals surface area contributed by atoms with Crippen LogP contribution in [0.3, 0.4) is 0 Å². The molecule has 1 aliphatic rings. The number of rotatable bonds is 14. The highest BCUT2D eigenvalue weighted by atomic mass is 79.9. The Hall–Kier alpha value is -3.32. The van der Waals surface area contributed by atoms with Crippen molar-refractivity contribution in [2.24, 2.45) is 0 Å². The Morgan fingerprint density at radius 3 is 2.21 bits per heavy atom. The molecule has 0 heterocycles. The molecule has 3 aromatic carbocycles. The SMILES string of the molecule is CCOc1ccc(CCC(=O)N(Cc2ccc(Br)cc2)[C@@H](Cc2ccccc2)C(=O)NC2CCCCC2)cc1OCC. The Morgan fingerprint density at radius 2 is 1.52 bits per heavy atom. The van der Waals surface area contributed by atoms with Gasteiger partial charge in [-0.05, 0) is 74.1 Å². The Morgan fingerprint density at radius 1 is 0.857 bits per heavy atom. The molecule has 224 valence electrons. The summed E-state index contributed by atoms with van der Waals surface area (Å²) < 4.78 is 12.5. The second-order valence-corrected chi connectivity index (χ2v) is 11.8. The van der Waals surface area contributed by atoms with Gasteiger partial charge in [0.25, 0.3) is 0 Å². The number of amides is 2. The van der Waals surface area contributed by atoms with Crippen molar-refractivity contribution in [3.05, 3.63) is 94.0 Å². The lowest BCUT2D eigenvalue weighted by Crippen LogP contribution is -2.52. The molecular weight excluding hydrogens is 592 g/mol. The highest BCUT2D eigenvalue weighted by Gasteiger charge is 2.31. The van der Waals surface area contributed by atoms with E-state index in [1.807, 2.05) is 86.6 Å². The molecule has 1 aliphatic carbocycles. The molecule has 42 heavy (non-hydrogen) atoms. The fourth-order valence-electron chi connectivity index (χ4n) is 5.53. The Bertz CT molecular complexity index is 1280. The van der Waals surface area contributed by atoms with Gasteiger partial charge in [-0.3, -0.25) is 9.59 Å². The van der Waals surface area contributed by atoms with E-state index in [0.29, 0.717) is 44.1 Å². The molecule has 6 nitrogen and oxygen atoms in total. The number of hydrogen-bond acceptors (Lipinski definition) is 4. The first-order valence-electron chi connectivity index (χ1n) is 15.2. The van der Waals surface area contributed by atoms with E-state index in [4.69, 9.17) is 9.47 Å². The monoisotopic (exact) mass is 634 g/mol. The first-order chi connectivity index (χ1) is 20.5. The highest BCUT2D eigenvalue weighted by Crippen LogP contribution is 2.29. The summed E-state index contributed by atoms with van der Waals surface area (Å²) in [7, 11) is 0. The van der Waals surface area contributed by atoms with Gasteiger partial charge in [0.2, 0.25) is 11.8 Å². The van der Waals surface area contributed by atoms with Crippen molar-refractivity contribution in [2.75, 3.05) is 13.2 Å². The van der Waals surface area contributed by atoms with E-state index in [9.17, 15) is 9.59 Å². The van der Waals surface area contributed by atoms with Gasteiger partial charge in [-0.15, -0.1) is 0 Å².